The molecular weight excluding hydrogens is 959 g/mol. The summed E-state index contributed by atoms with van der Waals surface area (Å²) in [6.07, 6.45) is 86.6. The van der Waals surface area contributed by atoms with Crippen LogP contribution in [0.2, 0.25) is 0 Å². The van der Waals surface area contributed by atoms with Crippen LogP contribution in [0.5, 0.6) is 0 Å². The summed E-state index contributed by atoms with van der Waals surface area (Å²) in [7, 11) is 0. The molecule has 3 N–H and O–H groups in total. The van der Waals surface area contributed by atoms with Crippen molar-refractivity contribution in [3.05, 3.63) is 36.5 Å². The van der Waals surface area contributed by atoms with E-state index in [1.54, 1.807) is 6.08 Å². The molecule has 0 bridgehead atoms. The van der Waals surface area contributed by atoms with Crippen LogP contribution in [0.25, 0.3) is 0 Å². The molecule has 0 heterocycles. The zero-order valence-electron chi connectivity index (χ0n) is 52.7. The molecule has 0 aromatic rings. The van der Waals surface area contributed by atoms with E-state index in [1.807, 2.05) is 6.08 Å². The zero-order chi connectivity index (χ0) is 56.4. The van der Waals surface area contributed by atoms with Gasteiger partial charge < -0.3 is 20.3 Å². The van der Waals surface area contributed by atoms with Crippen LogP contribution < -0.4 is 5.32 Å². The predicted molar refractivity (Wildman–Crippen MR) is 343 cm³/mol. The first-order valence-corrected chi connectivity index (χ1v) is 35.3. The number of hydrogen-bond acceptors (Lipinski definition) is 5. The van der Waals surface area contributed by atoms with E-state index in [9.17, 15) is 19.8 Å². The third kappa shape index (κ3) is 63.3. The largest absolute Gasteiger partial charge is 0.465 e. The molecule has 0 saturated carbocycles. The molecule has 0 aliphatic carbocycles. The van der Waals surface area contributed by atoms with Crippen LogP contribution in [0, 0.1) is 0 Å². The lowest BCUT2D eigenvalue weighted by molar-refractivity contribution is -0.143. The highest BCUT2D eigenvalue weighted by molar-refractivity contribution is 5.76. The standard InChI is InChI=1S/C72H137NO5/c1-3-5-7-9-11-13-15-17-19-21-23-25-29-32-36-40-44-48-52-56-60-64-70(75)69(68-74)73-71(76)65-61-57-53-49-45-41-37-33-30-26-24-27-31-35-39-43-47-51-55-59-63-67-78-72(77)66-62-58-54-50-46-42-38-34-28-22-20-18-16-14-12-10-8-6-4-2/h43,47,55,59-60,64,69-70,74-75H,3-42,44-46,48-54,56-58,61-63,65-68H2,1-2H3,(H,73,76)/b47-43-,59-55-,64-60+. The Hall–Kier alpha value is -1.92. The number of esters is 1. The molecule has 2 unspecified atom stereocenters. The van der Waals surface area contributed by atoms with Crippen LogP contribution in [-0.4, -0.2) is 47.4 Å². The second kappa shape index (κ2) is 67.6. The molecule has 0 rings (SSSR count). The average molecular weight is 1100 g/mol. The Kier molecular flexibility index (Phi) is 65.9. The predicted octanol–water partition coefficient (Wildman–Crippen LogP) is 22.7. The number of rotatable bonds is 66. The highest BCUT2D eigenvalue weighted by Crippen LogP contribution is 2.19. The lowest BCUT2D eigenvalue weighted by Crippen LogP contribution is -2.45. The van der Waals surface area contributed by atoms with Gasteiger partial charge in [-0.25, -0.2) is 0 Å². The van der Waals surface area contributed by atoms with E-state index in [1.165, 1.54) is 308 Å². The molecule has 460 valence electrons. The zero-order valence-corrected chi connectivity index (χ0v) is 52.7. The van der Waals surface area contributed by atoms with Gasteiger partial charge in [0.25, 0.3) is 0 Å². The molecule has 1 amide bonds. The molecule has 0 radical (unpaired) electrons. The summed E-state index contributed by atoms with van der Waals surface area (Å²) in [5.41, 5.74) is 0. The van der Waals surface area contributed by atoms with E-state index in [0.29, 0.717) is 19.4 Å². The fourth-order valence-corrected chi connectivity index (χ4v) is 11.1. The van der Waals surface area contributed by atoms with Crippen molar-refractivity contribution >= 4 is 11.9 Å². The Balaban J connectivity index is 3.45. The van der Waals surface area contributed by atoms with Crippen LogP contribution in [0.15, 0.2) is 36.5 Å². The Labute approximate surface area is 487 Å². The Morgan fingerprint density at radius 2 is 0.641 bits per heavy atom. The van der Waals surface area contributed by atoms with Gasteiger partial charge in [-0.1, -0.05) is 359 Å². The minimum Gasteiger partial charge on any atom is -0.465 e. The van der Waals surface area contributed by atoms with Crippen molar-refractivity contribution in [3.8, 4) is 0 Å². The molecule has 0 spiro atoms. The van der Waals surface area contributed by atoms with Gasteiger partial charge in [-0.05, 0) is 51.4 Å². The van der Waals surface area contributed by atoms with Crippen molar-refractivity contribution in [1.29, 1.82) is 0 Å². The molecule has 0 aliphatic heterocycles. The Morgan fingerprint density at radius 1 is 0.359 bits per heavy atom. The van der Waals surface area contributed by atoms with Gasteiger partial charge in [-0.15, -0.1) is 0 Å². The monoisotopic (exact) mass is 1100 g/mol. The highest BCUT2D eigenvalue weighted by atomic mass is 16.5. The van der Waals surface area contributed by atoms with Crippen LogP contribution in [0.3, 0.4) is 0 Å². The van der Waals surface area contributed by atoms with E-state index < -0.39 is 12.1 Å². The number of unbranched alkanes of at least 4 members (excludes halogenated alkanes) is 51. The molecule has 0 aromatic heterocycles. The maximum Gasteiger partial charge on any atom is 0.305 e. The lowest BCUT2D eigenvalue weighted by Gasteiger charge is -2.20. The first-order chi connectivity index (χ1) is 38.5. The van der Waals surface area contributed by atoms with E-state index in [0.717, 1.165) is 51.4 Å². The number of nitrogens with one attached hydrogen (secondary N) is 1. The number of carbonyl (C=O) groups is 2. The van der Waals surface area contributed by atoms with Crippen molar-refractivity contribution < 1.29 is 24.5 Å². The van der Waals surface area contributed by atoms with Gasteiger partial charge >= 0.3 is 5.97 Å². The number of amides is 1. The van der Waals surface area contributed by atoms with Gasteiger partial charge in [-0.2, -0.15) is 0 Å². The van der Waals surface area contributed by atoms with Crippen molar-refractivity contribution in [2.75, 3.05) is 13.2 Å². The first kappa shape index (κ1) is 76.1. The first-order valence-electron chi connectivity index (χ1n) is 35.3. The molecule has 6 nitrogen and oxygen atoms in total. The van der Waals surface area contributed by atoms with Gasteiger partial charge in [0, 0.05) is 12.8 Å². The summed E-state index contributed by atoms with van der Waals surface area (Å²) in [6, 6.07) is -0.633. The van der Waals surface area contributed by atoms with E-state index >= 15 is 0 Å². The second-order valence-corrected chi connectivity index (χ2v) is 24.2. The number of allylic oxidation sites excluding steroid dienone is 4. The van der Waals surface area contributed by atoms with Crippen molar-refractivity contribution in [3.63, 3.8) is 0 Å². The van der Waals surface area contributed by atoms with Crippen molar-refractivity contribution in [1.82, 2.24) is 5.32 Å². The van der Waals surface area contributed by atoms with Crippen LogP contribution in [0.4, 0.5) is 0 Å². The second-order valence-electron chi connectivity index (χ2n) is 24.2. The fraction of sp³-hybridized carbons (Fsp3) is 0.889. The van der Waals surface area contributed by atoms with Crippen molar-refractivity contribution in [2.24, 2.45) is 0 Å². The maximum atomic E-state index is 12.5. The SMILES string of the molecule is CCCCCCCCCCCCCCCCCCCCC/C=C/C(O)C(CO)NC(=O)CCCCCCCCCCCCCCCC/C=C\C/C=C\CCOC(=O)CCCCCCCCCCCCCCCCCCCCC. The fourth-order valence-electron chi connectivity index (χ4n) is 11.1. The Bertz CT molecular complexity index is 1260. The van der Waals surface area contributed by atoms with Crippen LogP contribution in [-0.2, 0) is 14.3 Å². The van der Waals surface area contributed by atoms with Gasteiger partial charge in [0.1, 0.15) is 0 Å². The summed E-state index contributed by atoms with van der Waals surface area (Å²) in [6.45, 7) is 4.84. The van der Waals surface area contributed by atoms with Crippen LogP contribution in [0.1, 0.15) is 386 Å². The smallest absolute Gasteiger partial charge is 0.305 e. The number of aliphatic hydroxyl groups is 2. The summed E-state index contributed by atoms with van der Waals surface area (Å²) in [5.74, 6) is -0.0996. The van der Waals surface area contributed by atoms with Gasteiger partial charge in [0.05, 0.1) is 25.4 Å². The molecule has 0 saturated heterocycles. The third-order valence-electron chi connectivity index (χ3n) is 16.4. The van der Waals surface area contributed by atoms with Gasteiger partial charge in [0.15, 0.2) is 0 Å². The summed E-state index contributed by atoms with van der Waals surface area (Å²) in [4.78, 5) is 24.6. The average Bonchev–Trinajstić information content (AvgIpc) is 3.44. The minimum absolute atomic E-state index is 0.0304. The van der Waals surface area contributed by atoms with E-state index in [-0.39, 0.29) is 18.5 Å². The van der Waals surface area contributed by atoms with Gasteiger partial charge in [0.2, 0.25) is 5.91 Å². The molecule has 6 heteroatoms. The molecular formula is C72H137NO5. The van der Waals surface area contributed by atoms with E-state index in [4.69, 9.17) is 4.74 Å². The summed E-state index contributed by atoms with van der Waals surface area (Å²) in [5, 5.41) is 23.2. The number of aliphatic hydroxyl groups excluding tert-OH is 2. The topological polar surface area (TPSA) is 95.9 Å². The maximum absolute atomic E-state index is 12.5. The number of carbonyl (C=O) groups excluding carboxylic acids is 2. The summed E-state index contributed by atoms with van der Waals surface area (Å²) >= 11 is 0. The molecule has 2 atom stereocenters. The molecule has 0 aromatic carbocycles. The lowest BCUT2D eigenvalue weighted by atomic mass is 10.0. The van der Waals surface area contributed by atoms with Crippen LogP contribution >= 0.6 is 0 Å². The Morgan fingerprint density at radius 3 is 0.974 bits per heavy atom. The van der Waals surface area contributed by atoms with Crippen molar-refractivity contribution in [2.45, 2.75) is 398 Å². The normalized spacial score (nSPS) is 12.7. The third-order valence-corrected chi connectivity index (χ3v) is 16.4. The quantitative estimate of drug-likeness (QED) is 0.0320. The highest BCUT2D eigenvalue weighted by Gasteiger charge is 2.18. The molecule has 0 aliphatic rings. The van der Waals surface area contributed by atoms with E-state index in [2.05, 4.69) is 43.5 Å². The summed E-state index contributed by atoms with van der Waals surface area (Å²) < 4.78 is 5.44. The molecule has 0 fully saturated rings. The van der Waals surface area contributed by atoms with Gasteiger partial charge in [-0.3, -0.25) is 9.59 Å². The number of hydrogen-bond donors (Lipinski definition) is 3. The molecule has 78 heavy (non-hydrogen) atoms. The number of ether oxygens (including phenoxy) is 1. The minimum atomic E-state index is -0.849.